The lowest BCUT2D eigenvalue weighted by Gasteiger charge is -2.22. The minimum Gasteiger partial charge on any atom is -0.497 e. The van der Waals surface area contributed by atoms with Gasteiger partial charge < -0.3 is 4.74 Å². The van der Waals surface area contributed by atoms with Crippen LogP contribution in [0.4, 0.5) is 0 Å². The summed E-state index contributed by atoms with van der Waals surface area (Å²) in [6.07, 6.45) is 2.23. The summed E-state index contributed by atoms with van der Waals surface area (Å²) in [6.45, 7) is 0. The van der Waals surface area contributed by atoms with Gasteiger partial charge in [-0.2, -0.15) is 10.1 Å². The Balaban J connectivity index is 1.39. The Labute approximate surface area is 197 Å². The first-order valence-electron chi connectivity index (χ1n) is 10.2. The number of benzene rings is 1. The Morgan fingerprint density at radius 1 is 1.15 bits per heavy atom. The maximum absolute atomic E-state index is 13.2. The van der Waals surface area contributed by atoms with E-state index in [4.69, 9.17) is 4.74 Å². The third kappa shape index (κ3) is 4.39. The van der Waals surface area contributed by atoms with E-state index in [1.807, 2.05) is 41.8 Å². The minimum atomic E-state index is -0.425. The predicted molar refractivity (Wildman–Crippen MR) is 128 cm³/mol. The lowest BCUT2D eigenvalue weighted by Crippen LogP contribution is -2.29. The van der Waals surface area contributed by atoms with Crippen LogP contribution in [0.5, 0.6) is 5.75 Å². The molecule has 4 aromatic rings. The number of thioether (sulfide) groups is 1. The molecule has 0 spiro atoms. The van der Waals surface area contributed by atoms with Crippen molar-refractivity contribution in [1.29, 1.82) is 0 Å². The fourth-order valence-corrected chi connectivity index (χ4v) is 5.03. The van der Waals surface area contributed by atoms with Gasteiger partial charge in [0.2, 0.25) is 0 Å². The van der Waals surface area contributed by atoms with Crippen molar-refractivity contribution >= 4 is 40.4 Å². The lowest BCUT2D eigenvalue weighted by molar-refractivity contribution is -0.130. The molecule has 5 rings (SSSR count). The molecule has 1 atom stereocenters. The van der Waals surface area contributed by atoms with Gasteiger partial charge >= 0.3 is 5.69 Å². The van der Waals surface area contributed by atoms with E-state index in [1.165, 1.54) is 9.41 Å². The number of aromatic nitrogens is 3. The predicted octanol–water partition coefficient (Wildman–Crippen LogP) is 3.63. The van der Waals surface area contributed by atoms with E-state index in [0.29, 0.717) is 12.1 Å². The molecule has 0 N–H and O–H groups in total. The van der Waals surface area contributed by atoms with Crippen molar-refractivity contribution < 1.29 is 9.53 Å². The van der Waals surface area contributed by atoms with Crippen LogP contribution in [0.3, 0.4) is 0 Å². The smallest absolute Gasteiger partial charge is 0.355 e. The Morgan fingerprint density at radius 2 is 2.00 bits per heavy atom. The zero-order valence-electron chi connectivity index (χ0n) is 17.6. The molecule has 0 unspecified atom stereocenters. The molecular weight excluding hydrogens is 458 g/mol. The van der Waals surface area contributed by atoms with Crippen LogP contribution < -0.4 is 10.4 Å². The summed E-state index contributed by atoms with van der Waals surface area (Å²) < 4.78 is 6.63. The number of carbonyl (C=O) groups excluding carboxylic acids is 1. The van der Waals surface area contributed by atoms with Crippen LogP contribution in [0.25, 0.3) is 5.65 Å². The van der Waals surface area contributed by atoms with E-state index in [1.54, 1.807) is 42.8 Å². The van der Waals surface area contributed by atoms with Crippen molar-refractivity contribution in [2.75, 3.05) is 12.9 Å². The van der Waals surface area contributed by atoms with E-state index in [9.17, 15) is 9.59 Å². The van der Waals surface area contributed by atoms with Crippen molar-refractivity contribution in [3.63, 3.8) is 0 Å². The van der Waals surface area contributed by atoms with E-state index >= 15 is 0 Å². The second-order valence-electron chi connectivity index (χ2n) is 7.26. The van der Waals surface area contributed by atoms with Crippen LogP contribution in [-0.4, -0.2) is 43.9 Å². The molecular formula is C23H19N5O3S2. The SMILES string of the molecule is COc1ccc([C@@H]2CC(c3cccs3)=NN2C(=O)CSc2nc(=O)n3ccccc3n2)cc1. The average Bonchev–Trinajstić information content (AvgIpc) is 3.53. The minimum absolute atomic E-state index is 0.0658. The first-order chi connectivity index (χ1) is 16.1. The normalized spacial score (nSPS) is 15.6. The number of carbonyl (C=O) groups is 1. The Morgan fingerprint density at radius 3 is 2.76 bits per heavy atom. The van der Waals surface area contributed by atoms with Gasteiger partial charge in [0.25, 0.3) is 5.91 Å². The zero-order valence-corrected chi connectivity index (χ0v) is 19.3. The fourth-order valence-electron chi connectivity index (χ4n) is 3.62. The van der Waals surface area contributed by atoms with E-state index in [0.717, 1.165) is 33.7 Å². The molecule has 8 nitrogen and oxygen atoms in total. The van der Waals surface area contributed by atoms with E-state index in [2.05, 4.69) is 15.1 Å². The van der Waals surface area contributed by atoms with Gasteiger partial charge in [-0.25, -0.2) is 14.8 Å². The Hall–Kier alpha value is -3.50. The van der Waals surface area contributed by atoms with Crippen LogP contribution in [0.2, 0.25) is 0 Å². The molecule has 1 aliphatic rings. The Kier molecular flexibility index (Phi) is 5.93. The van der Waals surface area contributed by atoms with Crippen LogP contribution in [0.15, 0.2) is 81.2 Å². The third-order valence-corrected chi connectivity index (χ3v) is 6.99. The topological polar surface area (TPSA) is 89.2 Å². The monoisotopic (exact) mass is 477 g/mol. The van der Waals surface area contributed by atoms with E-state index in [-0.39, 0.29) is 22.9 Å². The van der Waals surface area contributed by atoms with Crippen molar-refractivity contribution in [3.8, 4) is 5.75 Å². The van der Waals surface area contributed by atoms with Crippen LogP contribution in [0.1, 0.15) is 22.9 Å². The second kappa shape index (κ2) is 9.16. The van der Waals surface area contributed by atoms with Crippen molar-refractivity contribution in [2.45, 2.75) is 17.6 Å². The number of pyridine rings is 1. The lowest BCUT2D eigenvalue weighted by atomic mass is 10.0. The number of hydrogen-bond acceptors (Lipinski definition) is 8. The number of thiophene rings is 1. The highest BCUT2D eigenvalue weighted by molar-refractivity contribution is 7.99. The molecule has 1 aliphatic heterocycles. The highest BCUT2D eigenvalue weighted by Gasteiger charge is 2.33. The molecule has 1 amide bonds. The van der Waals surface area contributed by atoms with Crippen LogP contribution >= 0.6 is 23.1 Å². The molecule has 3 aromatic heterocycles. The number of fused-ring (bicyclic) bond motifs is 1. The van der Waals surface area contributed by atoms with Gasteiger partial charge in [0.05, 0.1) is 29.5 Å². The third-order valence-electron chi connectivity index (χ3n) is 5.24. The molecule has 0 radical (unpaired) electrons. The summed E-state index contributed by atoms with van der Waals surface area (Å²) in [5.74, 6) is 0.643. The molecule has 0 aliphatic carbocycles. The number of nitrogens with zero attached hydrogens (tertiary/aromatic N) is 5. The average molecular weight is 478 g/mol. The van der Waals surface area contributed by atoms with Gasteiger partial charge in [0.1, 0.15) is 11.4 Å². The summed E-state index contributed by atoms with van der Waals surface area (Å²) in [6, 6.07) is 16.7. The number of methoxy groups -OCH3 is 1. The highest BCUT2D eigenvalue weighted by atomic mass is 32.2. The van der Waals surface area contributed by atoms with Crippen LogP contribution in [0, 0.1) is 0 Å². The number of ether oxygens (including phenoxy) is 1. The summed E-state index contributed by atoms with van der Waals surface area (Å²) in [4.78, 5) is 34.9. The summed E-state index contributed by atoms with van der Waals surface area (Å²) in [5, 5.41) is 8.47. The van der Waals surface area contributed by atoms with Gasteiger partial charge in [-0.15, -0.1) is 11.3 Å². The quantitative estimate of drug-likeness (QED) is 0.394. The first-order valence-corrected chi connectivity index (χ1v) is 12.0. The molecule has 0 saturated carbocycles. The second-order valence-corrected chi connectivity index (χ2v) is 9.15. The zero-order chi connectivity index (χ0) is 22.8. The van der Waals surface area contributed by atoms with Gasteiger partial charge in [0.15, 0.2) is 5.16 Å². The number of amides is 1. The molecule has 10 heteroatoms. The summed E-state index contributed by atoms with van der Waals surface area (Å²) >= 11 is 2.73. The molecule has 166 valence electrons. The highest BCUT2D eigenvalue weighted by Crippen LogP contribution is 2.35. The number of hydrogen-bond donors (Lipinski definition) is 0. The van der Waals surface area contributed by atoms with E-state index < -0.39 is 5.69 Å². The molecule has 33 heavy (non-hydrogen) atoms. The summed E-state index contributed by atoms with van der Waals surface area (Å²) in [5.41, 5.74) is 1.92. The van der Waals surface area contributed by atoms with Crippen molar-refractivity contribution in [3.05, 3.63) is 87.1 Å². The standard InChI is InChI=1S/C23H19N5O3S2/c1-31-16-9-7-15(8-10-16)18-13-17(19-5-4-12-32-19)26-28(18)21(29)14-33-22-24-20-6-2-3-11-27(20)23(30)25-22/h2-12,18H,13-14H2,1H3/t18-/m0/s1. The largest absolute Gasteiger partial charge is 0.497 e. The molecule has 4 heterocycles. The Bertz CT molecular complexity index is 1380. The van der Waals surface area contributed by atoms with Crippen molar-refractivity contribution in [1.82, 2.24) is 19.4 Å². The number of rotatable bonds is 6. The van der Waals surface area contributed by atoms with Crippen LogP contribution in [-0.2, 0) is 4.79 Å². The summed E-state index contributed by atoms with van der Waals surface area (Å²) in [7, 11) is 1.62. The molecule has 0 fully saturated rings. The van der Waals surface area contributed by atoms with Gasteiger partial charge in [0, 0.05) is 12.6 Å². The molecule has 0 saturated heterocycles. The maximum Gasteiger partial charge on any atom is 0.355 e. The van der Waals surface area contributed by atoms with Gasteiger partial charge in [-0.1, -0.05) is 36.0 Å². The fraction of sp³-hybridized carbons (Fsp3) is 0.174. The van der Waals surface area contributed by atoms with Crippen molar-refractivity contribution in [2.24, 2.45) is 5.10 Å². The molecule has 0 bridgehead atoms. The maximum atomic E-state index is 13.2. The molecule has 1 aromatic carbocycles. The first kappa shape index (κ1) is 21.4. The number of hydrazone groups is 1. The van der Waals surface area contributed by atoms with Gasteiger partial charge in [-0.3, -0.25) is 9.20 Å². The van der Waals surface area contributed by atoms with Gasteiger partial charge in [-0.05, 0) is 41.3 Å².